The molecule has 0 atom stereocenters. The van der Waals surface area contributed by atoms with Gasteiger partial charge in [0.15, 0.2) is 11.5 Å². The van der Waals surface area contributed by atoms with Crippen molar-refractivity contribution in [2.24, 2.45) is 0 Å². The zero-order valence-electron chi connectivity index (χ0n) is 31.9. The Kier molecular flexibility index (Phi) is 35.9. The smallest absolute Gasteiger partial charge is 0.161 e. The third kappa shape index (κ3) is 32.0. The molecule has 4 heteroatoms. The minimum Gasteiger partial charge on any atom is -0.490 e. The predicted octanol–water partition coefficient (Wildman–Crippen LogP) is 13.7. The van der Waals surface area contributed by atoms with Crippen LogP contribution < -0.4 is 9.47 Å². The van der Waals surface area contributed by atoms with E-state index in [0.29, 0.717) is 13.2 Å². The third-order valence-corrected chi connectivity index (χ3v) is 9.97. The van der Waals surface area contributed by atoms with Gasteiger partial charge >= 0.3 is 0 Å². The van der Waals surface area contributed by atoms with Gasteiger partial charge in [-0.3, -0.25) is 0 Å². The maximum atomic E-state index is 8.82. The van der Waals surface area contributed by atoms with Crippen molar-refractivity contribution in [3.63, 3.8) is 0 Å². The Balaban J connectivity index is 1.84. The average Bonchev–Trinajstić information content (AvgIpc) is 3.10. The zero-order chi connectivity index (χ0) is 34.3. The lowest BCUT2D eigenvalue weighted by atomic mass is 10.0. The number of hydrogen-bond acceptors (Lipinski definition) is 4. The van der Waals surface area contributed by atoms with Gasteiger partial charge in [-0.05, 0) is 37.8 Å². The molecule has 1 aromatic carbocycles. The van der Waals surface area contributed by atoms with Crippen molar-refractivity contribution in [3.05, 3.63) is 24.3 Å². The number of hydrogen-bond donors (Lipinski definition) is 2. The van der Waals surface area contributed by atoms with E-state index in [-0.39, 0.29) is 0 Å². The van der Waals surface area contributed by atoms with Gasteiger partial charge in [0.25, 0.3) is 0 Å². The standard InChI is InChI=1S/C44H82O4/c45-39-33-27-23-19-15-11-7-3-1-5-9-13-17-21-25-29-35-41-47-43-37-31-32-38-44(43)48-42-36-30-26-22-18-14-10-6-2-4-8-12-16-20-24-28-34-40-46/h31-32,37-38,45-46H,1-30,33-36,39-42H2. The minimum atomic E-state index is 0.359. The molecule has 0 heterocycles. The topological polar surface area (TPSA) is 58.9 Å². The number of para-hydroxylation sites is 2. The molecule has 4 nitrogen and oxygen atoms in total. The molecule has 0 aliphatic carbocycles. The first-order valence-corrected chi connectivity index (χ1v) is 21.4. The Hall–Kier alpha value is -1.26. The highest BCUT2D eigenvalue weighted by molar-refractivity contribution is 5.39. The molecular weight excluding hydrogens is 592 g/mol. The molecule has 0 saturated carbocycles. The molecule has 0 aliphatic heterocycles. The van der Waals surface area contributed by atoms with E-state index in [4.69, 9.17) is 19.7 Å². The van der Waals surface area contributed by atoms with Crippen LogP contribution in [-0.4, -0.2) is 36.6 Å². The van der Waals surface area contributed by atoms with E-state index >= 15 is 0 Å². The highest BCUT2D eigenvalue weighted by atomic mass is 16.5. The van der Waals surface area contributed by atoms with Crippen LogP contribution in [0.15, 0.2) is 24.3 Å². The number of aliphatic hydroxyl groups excluding tert-OH is 2. The quantitative estimate of drug-likeness (QED) is 0.0680. The van der Waals surface area contributed by atoms with Gasteiger partial charge in [-0.15, -0.1) is 0 Å². The van der Waals surface area contributed by atoms with Crippen LogP contribution in [0.1, 0.15) is 218 Å². The highest BCUT2D eigenvalue weighted by Gasteiger charge is 2.04. The molecule has 0 aliphatic rings. The fourth-order valence-electron chi connectivity index (χ4n) is 6.78. The van der Waals surface area contributed by atoms with Gasteiger partial charge in [-0.2, -0.15) is 0 Å². The maximum Gasteiger partial charge on any atom is 0.161 e. The second kappa shape index (κ2) is 38.5. The number of ether oxygens (including phenoxy) is 2. The van der Waals surface area contributed by atoms with Crippen LogP contribution in [0.5, 0.6) is 11.5 Å². The van der Waals surface area contributed by atoms with Crippen molar-refractivity contribution in [1.82, 2.24) is 0 Å². The van der Waals surface area contributed by atoms with Crippen molar-refractivity contribution in [3.8, 4) is 11.5 Å². The molecule has 1 rings (SSSR count). The van der Waals surface area contributed by atoms with E-state index in [2.05, 4.69) is 24.3 Å². The zero-order valence-corrected chi connectivity index (χ0v) is 31.9. The summed E-state index contributed by atoms with van der Waals surface area (Å²) in [5.74, 6) is 1.81. The molecule has 0 fully saturated rings. The average molecular weight is 675 g/mol. The van der Waals surface area contributed by atoms with Crippen LogP contribution in [0.3, 0.4) is 0 Å². The van der Waals surface area contributed by atoms with Gasteiger partial charge in [-0.25, -0.2) is 0 Å². The minimum absolute atomic E-state index is 0.359. The number of benzene rings is 1. The first-order valence-electron chi connectivity index (χ1n) is 21.4. The van der Waals surface area contributed by atoms with Gasteiger partial charge in [-0.1, -0.05) is 205 Å². The summed E-state index contributed by atoms with van der Waals surface area (Å²) in [4.78, 5) is 0. The van der Waals surface area contributed by atoms with Crippen molar-refractivity contribution >= 4 is 0 Å². The molecule has 282 valence electrons. The fourth-order valence-corrected chi connectivity index (χ4v) is 6.78. The lowest BCUT2D eigenvalue weighted by Gasteiger charge is -2.12. The number of aliphatic hydroxyl groups is 2. The molecule has 0 amide bonds. The van der Waals surface area contributed by atoms with Crippen molar-refractivity contribution in [2.45, 2.75) is 218 Å². The van der Waals surface area contributed by atoms with Crippen LogP contribution in [0.2, 0.25) is 0 Å². The number of rotatable bonds is 40. The van der Waals surface area contributed by atoms with E-state index < -0.39 is 0 Å². The first kappa shape index (κ1) is 44.8. The van der Waals surface area contributed by atoms with Crippen LogP contribution in [0.25, 0.3) is 0 Å². The monoisotopic (exact) mass is 675 g/mol. The normalized spacial score (nSPS) is 11.4. The van der Waals surface area contributed by atoms with E-state index in [1.54, 1.807) is 0 Å². The third-order valence-electron chi connectivity index (χ3n) is 9.97. The van der Waals surface area contributed by atoms with Crippen LogP contribution in [0.4, 0.5) is 0 Å². The summed E-state index contributed by atoms with van der Waals surface area (Å²) in [7, 11) is 0. The maximum absolute atomic E-state index is 8.82. The second-order valence-corrected chi connectivity index (χ2v) is 14.6. The SMILES string of the molecule is OCCCCCCCCCCCCCCCCCCCOc1ccccc1OCCCCCCCCCCCCCCCCCCCO. The molecule has 2 N–H and O–H groups in total. The van der Waals surface area contributed by atoms with E-state index in [1.165, 1.54) is 193 Å². The fraction of sp³-hybridized carbons (Fsp3) is 0.864. The summed E-state index contributed by atoms with van der Waals surface area (Å²) >= 11 is 0. The van der Waals surface area contributed by atoms with E-state index in [0.717, 1.165) is 50.4 Å². The van der Waals surface area contributed by atoms with Gasteiger partial charge < -0.3 is 19.7 Å². The number of unbranched alkanes of at least 4 members (excludes halogenated alkanes) is 32. The van der Waals surface area contributed by atoms with Crippen molar-refractivity contribution in [2.75, 3.05) is 26.4 Å². The Morgan fingerprint density at radius 3 is 0.667 bits per heavy atom. The van der Waals surface area contributed by atoms with Gasteiger partial charge in [0.05, 0.1) is 13.2 Å². The molecular formula is C44H82O4. The van der Waals surface area contributed by atoms with Crippen LogP contribution in [-0.2, 0) is 0 Å². The molecule has 48 heavy (non-hydrogen) atoms. The van der Waals surface area contributed by atoms with Crippen molar-refractivity contribution in [1.29, 1.82) is 0 Å². The van der Waals surface area contributed by atoms with E-state index in [1.807, 2.05) is 0 Å². The van der Waals surface area contributed by atoms with Gasteiger partial charge in [0, 0.05) is 13.2 Å². The largest absolute Gasteiger partial charge is 0.490 e. The first-order chi connectivity index (χ1) is 23.9. The lowest BCUT2D eigenvalue weighted by molar-refractivity contribution is 0.258. The highest BCUT2D eigenvalue weighted by Crippen LogP contribution is 2.27. The Labute approximate surface area is 299 Å². The molecule has 0 radical (unpaired) electrons. The summed E-state index contributed by atoms with van der Waals surface area (Å²) in [6.45, 7) is 2.29. The molecule has 0 unspecified atom stereocenters. The summed E-state index contributed by atoms with van der Waals surface area (Å²) in [5, 5.41) is 17.6. The predicted molar refractivity (Wildman–Crippen MR) is 209 cm³/mol. The Bertz CT molecular complexity index is 677. The summed E-state index contributed by atoms with van der Waals surface area (Å²) in [6, 6.07) is 8.21. The van der Waals surface area contributed by atoms with Gasteiger partial charge in [0.2, 0.25) is 0 Å². The summed E-state index contributed by atoms with van der Waals surface area (Å²) in [6.07, 6.45) is 45.1. The molecule has 0 spiro atoms. The molecule has 0 aromatic heterocycles. The van der Waals surface area contributed by atoms with E-state index in [9.17, 15) is 0 Å². The summed E-state index contributed by atoms with van der Waals surface area (Å²) in [5.41, 5.74) is 0. The Morgan fingerprint density at radius 1 is 0.271 bits per heavy atom. The Morgan fingerprint density at radius 2 is 0.458 bits per heavy atom. The molecule has 0 bridgehead atoms. The molecule has 0 saturated heterocycles. The second-order valence-electron chi connectivity index (χ2n) is 14.6. The van der Waals surface area contributed by atoms with Crippen LogP contribution >= 0.6 is 0 Å². The molecule has 1 aromatic rings. The van der Waals surface area contributed by atoms with Crippen LogP contribution in [0, 0.1) is 0 Å². The van der Waals surface area contributed by atoms with Gasteiger partial charge in [0.1, 0.15) is 0 Å². The summed E-state index contributed by atoms with van der Waals surface area (Å²) < 4.78 is 12.2. The van der Waals surface area contributed by atoms with Crippen molar-refractivity contribution < 1.29 is 19.7 Å². The lowest BCUT2D eigenvalue weighted by Crippen LogP contribution is -2.02.